The van der Waals surface area contributed by atoms with Gasteiger partial charge in [0.25, 0.3) is 0 Å². The van der Waals surface area contributed by atoms with Crippen molar-refractivity contribution in [3.63, 3.8) is 0 Å². The summed E-state index contributed by atoms with van der Waals surface area (Å²) in [5, 5.41) is 22.4. The smallest absolute Gasteiger partial charge is 0.328 e. The van der Waals surface area contributed by atoms with Gasteiger partial charge in [-0.15, -0.1) is 0 Å². The van der Waals surface area contributed by atoms with E-state index in [1.165, 1.54) is 89.9 Å². The van der Waals surface area contributed by atoms with Crippen molar-refractivity contribution in [3.8, 4) is 0 Å². The topological polar surface area (TPSA) is 142 Å². The van der Waals surface area contributed by atoms with E-state index in [0.29, 0.717) is 12.8 Å². The van der Waals surface area contributed by atoms with E-state index in [9.17, 15) is 19.2 Å². The first-order valence-corrected chi connectivity index (χ1v) is 18.6. The number of aliphatic hydroxyl groups is 1. The molecule has 0 fully saturated rings. The Bertz CT molecular complexity index is 803. The molecule has 0 bridgehead atoms. The van der Waals surface area contributed by atoms with Crippen molar-refractivity contribution < 1.29 is 34.1 Å². The van der Waals surface area contributed by atoms with Crippen molar-refractivity contribution in [3.05, 3.63) is 12.2 Å². The van der Waals surface area contributed by atoms with Gasteiger partial charge in [-0.2, -0.15) is 0 Å². The number of esters is 1. The molecule has 2 atom stereocenters. The highest BCUT2D eigenvalue weighted by Crippen LogP contribution is 2.16. The molecule has 9 heteroatoms. The van der Waals surface area contributed by atoms with Crippen molar-refractivity contribution in [2.75, 3.05) is 13.2 Å². The summed E-state index contributed by atoms with van der Waals surface area (Å²) in [5.41, 5.74) is 0. The molecule has 46 heavy (non-hydrogen) atoms. The number of nitrogens with one attached hydrogen (secondary N) is 2. The van der Waals surface area contributed by atoms with E-state index < -0.39 is 24.5 Å². The van der Waals surface area contributed by atoms with Crippen LogP contribution in [0.25, 0.3) is 0 Å². The van der Waals surface area contributed by atoms with Gasteiger partial charge in [0.1, 0.15) is 12.1 Å². The number of carbonyl (C=O) groups is 4. The number of ether oxygens (including phenoxy) is 1. The fourth-order valence-electron chi connectivity index (χ4n) is 5.34. The number of allylic oxidation sites excluding steroid dienone is 1. The standard InChI is InChI=1S/C37H68N2O7/c1-3-5-7-8-9-10-11-12-13-14-15-16-17-18-19-25-29-36(43)46-32(26-22-6-4-2)27-23-20-21-24-28-34(41)38-30-35(42)39-33(31-40)37(44)45/h22,26,32-33,40H,3-21,23-25,27-31H2,1-2H3,(H,38,41)(H,39,42)(H,44,45)/b26-22-. The lowest BCUT2D eigenvalue weighted by Crippen LogP contribution is -2.47. The lowest BCUT2D eigenvalue weighted by atomic mass is 10.0. The maximum Gasteiger partial charge on any atom is 0.328 e. The van der Waals surface area contributed by atoms with E-state index >= 15 is 0 Å². The van der Waals surface area contributed by atoms with Crippen LogP contribution in [-0.2, 0) is 23.9 Å². The average Bonchev–Trinajstić information content (AvgIpc) is 3.03. The van der Waals surface area contributed by atoms with Crippen molar-refractivity contribution in [1.82, 2.24) is 10.6 Å². The second kappa shape index (κ2) is 32.5. The van der Waals surface area contributed by atoms with Crippen LogP contribution in [0.5, 0.6) is 0 Å². The summed E-state index contributed by atoms with van der Waals surface area (Å²) in [7, 11) is 0. The molecule has 0 aliphatic rings. The van der Waals surface area contributed by atoms with Gasteiger partial charge in [0.05, 0.1) is 13.2 Å². The zero-order valence-electron chi connectivity index (χ0n) is 29.3. The van der Waals surface area contributed by atoms with Crippen LogP contribution >= 0.6 is 0 Å². The number of rotatable bonds is 33. The summed E-state index contributed by atoms with van der Waals surface area (Å²) < 4.78 is 5.79. The number of aliphatic carboxylic acids is 1. The van der Waals surface area contributed by atoms with E-state index in [1.807, 2.05) is 6.08 Å². The molecule has 0 saturated heterocycles. The molecule has 2 amide bonds. The molecule has 0 aromatic heterocycles. The molecule has 0 aromatic rings. The summed E-state index contributed by atoms with van der Waals surface area (Å²) in [6.07, 6.45) is 31.6. The van der Waals surface area contributed by atoms with E-state index in [0.717, 1.165) is 51.4 Å². The van der Waals surface area contributed by atoms with Crippen LogP contribution < -0.4 is 10.6 Å². The zero-order valence-corrected chi connectivity index (χ0v) is 29.3. The maximum atomic E-state index is 12.5. The lowest BCUT2D eigenvalue weighted by molar-refractivity contribution is -0.147. The van der Waals surface area contributed by atoms with Gasteiger partial charge in [0.15, 0.2) is 0 Å². The molecule has 0 spiro atoms. The summed E-state index contributed by atoms with van der Waals surface area (Å²) in [6, 6.07) is -1.39. The quantitative estimate of drug-likeness (QED) is 0.0320. The van der Waals surface area contributed by atoms with Gasteiger partial charge in [-0.1, -0.05) is 135 Å². The third-order valence-electron chi connectivity index (χ3n) is 8.23. The van der Waals surface area contributed by atoms with Gasteiger partial charge in [-0.05, 0) is 38.2 Å². The molecule has 0 saturated carbocycles. The molecule has 9 nitrogen and oxygen atoms in total. The first kappa shape index (κ1) is 43.6. The number of hydrogen-bond donors (Lipinski definition) is 4. The number of unbranched alkanes of at least 4 members (excludes halogenated alkanes) is 19. The van der Waals surface area contributed by atoms with Crippen LogP contribution in [0, 0.1) is 0 Å². The summed E-state index contributed by atoms with van der Waals surface area (Å²) in [4.78, 5) is 47.0. The van der Waals surface area contributed by atoms with E-state index in [1.54, 1.807) is 0 Å². The molecular weight excluding hydrogens is 584 g/mol. The normalized spacial score (nSPS) is 12.6. The summed E-state index contributed by atoms with van der Waals surface area (Å²) in [5.74, 6) is -2.41. The first-order valence-electron chi connectivity index (χ1n) is 18.6. The average molecular weight is 653 g/mol. The Labute approximate surface area is 280 Å². The Hall–Kier alpha value is -2.42. The van der Waals surface area contributed by atoms with E-state index in [4.69, 9.17) is 14.9 Å². The summed E-state index contributed by atoms with van der Waals surface area (Å²) >= 11 is 0. The van der Waals surface area contributed by atoms with Crippen molar-refractivity contribution in [2.45, 2.75) is 187 Å². The van der Waals surface area contributed by atoms with Crippen molar-refractivity contribution >= 4 is 23.8 Å². The van der Waals surface area contributed by atoms with Crippen LogP contribution in [0.15, 0.2) is 12.2 Å². The maximum absolute atomic E-state index is 12.5. The van der Waals surface area contributed by atoms with Gasteiger partial charge in [0, 0.05) is 12.8 Å². The van der Waals surface area contributed by atoms with Gasteiger partial charge in [-0.25, -0.2) is 4.79 Å². The third kappa shape index (κ3) is 29.0. The molecule has 268 valence electrons. The molecule has 0 aliphatic heterocycles. The van der Waals surface area contributed by atoms with Crippen LogP contribution in [0.4, 0.5) is 0 Å². The number of carboxylic acids is 1. The zero-order chi connectivity index (χ0) is 34.1. The first-order chi connectivity index (χ1) is 22.3. The van der Waals surface area contributed by atoms with Gasteiger partial charge in [0.2, 0.25) is 11.8 Å². The number of amides is 2. The second-order valence-corrected chi connectivity index (χ2v) is 12.7. The minimum Gasteiger partial charge on any atom is -0.480 e. The Morgan fingerprint density at radius 3 is 1.65 bits per heavy atom. The Kier molecular flexibility index (Phi) is 30.8. The van der Waals surface area contributed by atoms with Crippen molar-refractivity contribution in [1.29, 1.82) is 0 Å². The highest BCUT2D eigenvalue weighted by Gasteiger charge is 2.18. The van der Waals surface area contributed by atoms with Gasteiger partial charge < -0.3 is 25.6 Å². The molecule has 0 rings (SSSR count). The molecule has 0 radical (unpaired) electrons. The highest BCUT2D eigenvalue weighted by atomic mass is 16.5. The number of aliphatic hydroxyl groups excluding tert-OH is 1. The number of carboxylic acid groups (broad SMARTS) is 1. The largest absolute Gasteiger partial charge is 0.480 e. The monoisotopic (exact) mass is 653 g/mol. The molecule has 0 heterocycles. The number of carbonyl (C=O) groups excluding carboxylic acids is 3. The third-order valence-corrected chi connectivity index (χ3v) is 8.23. The van der Waals surface area contributed by atoms with Crippen LogP contribution in [0.1, 0.15) is 174 Å². The Morgan fingerprint density at radius 2 is 1.15 bits per heavy atom. The molecule has 4 N–H and O–H groups in total. The van der Waals surface area contributed by atoms with E-state index in [2.05, 4.69) is 30.6 Å². The van der Waals surface area contributed by atoms with Crippen LogP contribution in [-0.4, -0.2) is 59.3 Å². The highest BCUT2D eigenvalue weighted by molar-refractivity contribution is 5.87. The molecule has 0 aromatic carbocycles. The second-order valence-electron chi connectivity index (χ2n) is 12.7. The Morgan fingerprint density at radius 1 is 0.652 bits per heavy atom. The minimum atomic E-state index is -1.39. The van der Waals surface area contributed by atoms with Crippen molar-refractivity contribution in [2.24, 2.45) is 0 Å². The molecule has 0 aliphatic carbocycles. The fourth-order valence-corrected chi connectivity index (χ4v) is 5.34. The minimum absolute atomic E-state index is 0.120. The molecular formula is C37H68N2O7. The lowest BCUT2D eigenvalue weighted by Gasteiger charge is -2.15. The Balaban J connectivity index is 3.93. The van der Waals surface area contributed by atoms with E-state index in [-0.39, 0.29) is 30.9 Å². The summed E-state index contributed by atoms with van der Waals surface area (Å²) in [6.45, 7) is 3.33. The molecule has 2 unspecified atom stereocenters. The fraction of sp³-hybridized carbons (Fsp3) is 0.838. The predicted molar refractivity (Wildman–Crippen MR) is 185 cm³/mol. The predicted octanol–water partition coefficient (Wildman–Crippen LogP) is 7.92. The van der Waals surface area contributed by atoms with Gasteiger partial charge >= 0.3 is 11.9 Å². The van der Waals surface area contributed by atoms with Crippen LogP contribution in [0.3, 0.4) is 0 Å². The SMILES string of the molecule is CCC/C=C\C(CCCCCCC(=O)NCC(=O)NC(CO)C(=O)O)OC(=O)CCCCCCCCCCCCCCCCCC. The number of hydrogen-bond acceptors (Lipinski definition) is 6. The van der Waals surface area contributed by atoms with Gasteiger partial charge in [-0.3, -0.25) is 14.4 Å². The van der Waals surface area contributed by atoms with Crippen LogP contribution in [0.2, 0.25) is 0 Å².